The summed E-state index contributed by atoms with van der Waals surface area (Å²) in [5, 5.41) is 0. The van der Waals surface area contributed by atoms with Crippen LogP contribution in [0.4, 0.5) is 0 Å². The van der Waals surface area contributed by atoms with Gasteiger partial charge >= 0.3 is 17.9 Å². The summed E-state index contributed by atoms with van der Waals surface area (Å²) in [5.74, 6) is 0.898. The zero-order valence-corrected chi connectivity index (χ0v) is 43.2. The van der Waals surface area contributed by atoms with E-state index in [2.05, 4.69) is 34.6 Å². The number of esters is 3. The lowest BCUT2D eigenvalue weighted by molar-refractivity contribution is -0.167. The summed E-state index contributed by atoms with van der Waals surface area (Å²) in [7, 11) is 0. The second-order valence-electron chi connectivity index (χ2n) is 20.3. The lowest BCUT2D eigenvalue weighted by atomic mass is 9.99. The summed E-state index contributed by atoms with van der Waals surface area (Å²) in [6.45, 7) is 11.4. The minimum Gasteiger partial charge on any atom is -0.462 e. The second kappa shape index (κ2) is 49.8. The van der Waals surface area contributed by atoms with Gasteiger partial charge in [0.05, 0.1) is 0 Å². The topological polar surface area (TPSA) is 78.9 Å². The molecule has 2 atom stereocenters. The van der Waals surface area contributed by atoms with Crippen LogP contribution in [-0.4, -0.2) is 37.2 Å². The zero-order valence-electron chi connectivity index (χ0n) is 43.2. The Morgan fingerprint density at radius 2 is 0.603 bits per heavy atom. The fourth-order valence-electron chi connectivity index (χ4n) is 8.66. The molecule has 0 radical (unpaired) electrons. The van der Waals surface area contributed by atoms with Crippen molar-refractivity contribution in [1.82, 2.24) is 0 Å². The highest BCUT2D eigenvalue weighted by Gasteiger charge is 2.19. The van der Waals surface area contributed by atoms with Crippen molar-refractivity contribution < 1.29 is 28.6 Å². The number of ether oxygens (including phenoxy) is 3. The molecule has 0 saturated heterocycles. The predicted molar refractivity (Wildman–Crippen MR) is 270 cm³/mol. The molecule has 0 aliphatic rings. The van der Waals surface area contributed by atoms with Crippen molar-refractivity contribution in [3.05, 3.63) is 0 Å². The highest BCUT2D eigenvalue weighted by molar-refractivity contribution is 5.71. The van der Waals surface area contributed by atoms with E-state index in [-0.39, 0.29) is 31.1 Å². The molecule has 0 aliphatic carbocycles. The first kappa shape index (κ1) is 61.4. The third-order valence-electron chi connectivity index (χ3n) is 13.3. The zero-order chi connectivity index (χ0) is 46.1. The summed E-state index contributed by atoms with van der Waals surface area (Å²) in [5.41, 5.74) is 0. The summed E-state index contributed by atoms with van der Waals surface area (Å²) in [6.07, 6.45) is 52.3. The molecular formula is C57H110O6. The van der Waals surface area contributed by atoms with E-state index in [9.17, 15) is 14.4 Å². The molecule has 0 fully saturated rings. The van der Waals surface area contributed by atoms with Crippen LogP contribution in [0.1, 0.15) is 317 Å². The molecule has 0 N–H and O–H groups in total. The van der Waals surface area contributed by atoms with E-state index in [4.69, 9.17) is 14.2 Å². The van der Waals surface area contributed by atoms with Crippen molar-refractivity contribution in [1.29, 1.82) is 0 Å². The van der Waals surface area contributed by atoms with Crippen LogP contribution < -0.4 is 0 Å². The first-order valence-corrected chi connectivity index (χ1v) is 28.3. The van der Waals surface area contributed by atoms with Gasteiger partial charge in [0.15, 0.2) is 6.10 Å². The van der Waals surface area contributed by atoms with E-state index in [1.165, 1.54) is 205 Å². The van der Waals surface area contributed by atoms with Gasteiger partial charge in [-0.1, -0.05) is 279 Å². The Labute approximate surface area is 393 Å². The number of carbonyl (C=O) groups is 3. The Morgan fingerprint density at radius 3 is 0.905 bits per heavy atom. The Kier molecular flexibility index (Phi) is 48.6. The predicted octanol–water partition coefficient (Wildman–Crippen LogP) is 18.5. The molecular weight excluding hydrogens is 781 g/mol. The van der Waals surface area contributed by atoms with Crippen molar-refractivity contribution in [3.8, 4) is 0 Å². The summed E-state index contributed by atoms with van der Waals surface area (Å²) in [4.78, 5) is 38.0. The Bertz CT molecular complexity index is 964. The van der Waals surface area contributed by atoms with Gasteiger partial charge in [0, 0.05) is 19.3 Å². The Morgan fingerprint density at radius 1 is 0.333 bits per heavy atom. The van der Waals surface area contributed by atoms with Gasteiger partial charge in [0.25, 0.3) is 0 Å². The minimum atomic E-state index is -0.761. The smallest absolute Gasteiger partial charge is 0.306 e. The monoisotopic (exact) mass is 891 g/mol. The molecule has 6 nitrogen and oxygen atoms in total. The van der Waals surface area contributed by atoms with Crippen LogP contribution in [0.25, 0.3) is 0 Å². The van der Waals surface area contributed by atoms with Crippen LogP contribution in [-0.2, 0) is 28.6 Å². The number of unbranched alkanes of at least 4 members (excludes halogenated alkanes) is 35. The average Bonchev–Trinajstić information content (AvgIpc) is 3.27. The van der Waals surface area contributed by atoms with E-state index < -0.39 is 6.10 Å². The Balaban J connectivity index is 4.23. The van der Waals surface area contributed by atoms with E-state index >= 15 is 0 Å². The van der Waals surface area contributed by atoms with Crippen LogP contribution in [0.15, 0.2) is 0 Å². The van der Waals surface area contributed by atoms with Crippen LogP contribution >= 0.6 is 0 Å². The molecule has 0 spiro atoms. The first-order chi connectivity index (χ1) is 30.8. The molecule has 0 bridgehead atoms. The molecule has 0 heterocycles. The van der Waals surface area contributed by atoms with Gasteiger partial charge in [-0.05, 0) is 31.1 Å². The minimum absolute atomic E-state index is 0.0629. The number of hydrogen-bond acceptors (Lipinski definition) is 6. The molecule has 0 rings (SSSR count). The van der Waals surface area contributed by atoms with Gasteiger partial charge < -0.3 is 14.2 Å². The van der Waals surface area contributed by atoms with E-state index in [0.29, 0.717) is 19.3 Å². The molecule has 63 heavy (non-hydrogen) atoms. The molecule has 6 heteroatoms. The number of rotatable bonds is 51. The van der Waals surface area contributed by atoms with Gasteiger partial charge in [-0.2, -0.15) is 0 Å². The highest BCUT2D eigenvalue weighted by atomic mass is 16.6. The fraction of sp³-hybridized carbons (Fsp3) is 0.947. The second-order valence-corrected chi connectivity index (χ2v) is 20.3. The highest BCUT2D eigenvalue weighted by Crippen LogP contribution is 2.18. The van der Waals surface area contributed by atoms with Crippen molar-refractivity contribution in [2.45, 2.75) is 323 Å². The first-order valence-electron chi connectivity index (χ1n) is 28.3. The Hall–Kier alpha value is -1.59. The van der Waals surface area contributed by atoms with Gasteiger partial charge in [0.1, 0.15) is 13.2 Å². The fourth-order valence-corrected chi connectivity index (χ4v) is 8.66. The molecule has 0 aliphatic heterocycles. The van der Waals surface area contributed by atoms with Gasteiger partial charge in [0.2, 0.25) is 0 Å². The van der Waals surface area contributed by atoms with Crippen LogP contribution in [0.3, 0.4) is 0 Å². The van der Waals surface area contributed by atoms with Gasteiger partial charge in [-0.3, -0.25) is 14.4 Å². The molecule has 0 aromatic carbocycles. The van der Waals surface area contributed by atoms with Crippen molar-refractivity contribution >= 4 is 17.9 Å². The maximum Gasteiger partial charge on any atom is 0.306 e. The largest absolute Gasteiger partial charge is 0.462 e. The molecule has 0 amide bonds. The quantitative estimate of drug-likeness (QED) is 0.0344. The van der Waals surface area contributed by atoms with Gasteiger partial charge in [-0.15, -0.1) is 0 Å². The SMILES string of the molecule is CCCCCCCCCCCCC(=O)O[C@@H](COC(=O)CCCCCCCCCCCCCCCCC(C)C)COC(=O)CCCCCCCCCCCCCCCCC(C)CC. The third-order valence-corrected chi connectivity index (χ3v) is 13.3. The normalized spacial score (nSPS) is 12.5. The van der Waals surface area contributed by atoms with Crippen molar-refractivity contribution in [2.24, 2.45) is 11.8 Å². The summed E-state index contributed by atoms with van der Waals surface area (Å²) in [6, 6.07) is 0. The van der Waals surface area contributed by atoms with Gasteiger partial charge in [-0.25, -0.2) is 0 Å². The van der Waals surface area contributed by atoms with Crippen molar-refractivity contribution in [3.63, 3.8) is 0 Å². The molecule has 0 saturated carbocycles. The van der Waals surface area contributed by atoms with Crippen molar-refractivity contribution in [2.75, 3.05) is 13.2 Å². The maximum atomic E-state index is 12.8. The van der Waals surface area contributed by atoms with E-state index in [0.717, 1.165) is 69.6 Å². The molecule has 0 aromatic rings. The van der Waals surface area contributed by atoms with Crippen LogP contribution in [0, 0.1) is 11.8 Å². The molecule has 1 unspecified atom stereocenters. The van der Waals surface area contributed by atoms with E-state index in [1.54, 1.807) is 0 Å². The van der Waals surface area contributed by atoms with E-state index in [1.807, 2.05) is 0 Å². The third kappa shape index (κ3) is 49.7. The summed E-state index contributed by atoms with van der Waals surface area (Å²) >= 11 is 0. The van der Waals surface area contributed by atoms with Crippen LogP contribution in [0.2, 0.25) is 0 Å². The lowest BCUT2D eigenvalue weighted by Gasteiger charge is -2.18. The van der Waals surface area contributed by atoms with Crippen LogP contribution in [0.5, 0.6) is 0 Å². The average molecular weight is 892 g/mol. The maximum absolute atomic E-state index is 12.8. The number of hydrogen-bond donors (Lipinski definition) is 0. The lowest BCUT2D eigenvalue weighted by Crippen LogP contribution is -2.30. The molecule has 0 aromatic heterocycles. The standard InChI is InChI=1S/C57H110O6/c1-6-8-9-10-11-12-27-34-39-44-49-57(60)63-54(50-61-55(58)47-42-37-32-28-23-19-15-13-17-21-25-30-35-40-45-52(3)4)51-62-56(59)48-43-38-33-29-24-20-16-14-18-22-26-31-36-41-46-53(5)7-2/h52-54H,6-51H2,1-5H3/t53?,54-/m0/s1. The molecule has 374 valence electrons. The summed E-state index contributed by atoms with van der Waals surface area (Å²) < 4.78 is 16.8. The number of carbonyl (C=O) groups excluding carboxylic acids is 3.